The normalized spacial score (nSPS) is 16.3. The lowest BCUT2D eigenvalue weighted by atomic mass is 9.91. The average molecular weight is 633 g/mol. The lowest BCUT2D eigenvalue weighted by molar-refractivity contribution is -0.121. The van der Waals surface area contributed by atoms with E-state index in [0.717, 1.165) is 64.5 Å². The van der Waals surface area contributed by atoms with Gasteiger partial charge in [-0.3, -0.25) is 14.4 Å². The van der Waals surface area contributed by atoms with Gasteiger partial charge >= 0.3 is 5.97 Å². The van der Waals surface area contributed by atoms with Crippen molar-refractivity contribution in [3.8, 4) is 28.1 Å². The van der Waals surface area contributed by atoms with Crippen LogP contribution in [0, 0.1) is 6.92 Å². The van der Waals surface area contributed by atoms with Crippen LogP contribution in [0.15, 0.2) is 91.3 Å². The van der Waals surface area contributed by atoms with Crippen molar-refractivity contribution in [1.29, 1.82) is 0 Å². The van der Waals surface area contributed by atoms with Crippen LogP contribution >= 0.6 is 0 Å². The van der Waals surface area contributed by atoms with Crippen LogP contribution in [0.2, 0.25) is 0 Å². The number of hydrogen-bond acceptors (Lipinski definition) is 7. The molecule has 10 nitrogen and oxygen atoms in total. The Labute approximate surface area is 274 Å². The number of para-hydroxylation sites is 1. The van der Waals surface area contributed by atoms with E-state index in [1.54, 1.807) is 30.1 Å². The van der Waals surface area contributed by atoms with Crippen LogP contribution < -0.4 is 5.32 Å². The minimum Gasteiger partial charge on any atom is -0.465 e. The number of nitrogens with one attached hydrogen (secondary N) is 1. The predicted molar refractivity (Wildman–Crippen MR) is 180 cm³/mol. The first-order chi connectivity index (χ1) is 22.8. The Kier molecular flexibility index (Phi) is 9.60. The zero-order valence-electron chi connectivity index (χ0n) is 27.2. The second-order valence-corrected chi connectivity index (χ2v) is 12.0. The lowest BCUT2D eigenvalue weighted by Crippen LogP contribution is -2.41. The number of ether oxygens (including phenoxy) is 2. The summed E-state index contributed by atoms with van der Waals surface area (Å²) in [5, 5.41) is 12.7. The number of carbonyl (C=O) groups is 2. The van der Waals surface area contributed by atoms with E-state index in [4.69, 9.17) is 14.6 Å². The fourth-order valence-electron chi connectivity index (χ4n) is 6.39. The highest BCUT2D eigenvalue weighted by atomic mass is 16.5. The van der Waals surface area contributed by atoms with Crippen LogP contribution in [0.5, 0.6) is 0 Å². The van der Waals surface area contributed by atoms with Gasteiger partial charge in [-0.15, -0.1) is 0 Å². The Balaban J connectivity index is 1.26. The molecule has 0 spiro atoms. The van der Waals surface area contributed by atoms with Gasteiger partial charge in [0.25, 0.3) is 0 Å². The summed E-state index contributed by atoms with van der Waals surface area (Å²) in [5.74, 6) is -0.335. The first-order valence-corrected chi connectivity index (χ1v) is 15.8. The second kappa shape index (κ2) is 14.1. The van der Waals surface area contributed by atoms with Gasteiger partial charge in [-0.05, 0) is 53.4 Å². The number of methoxy groups -OCH3 is 2. The topological polar surface area (TPSA) is 104 Å². The molecule has 6 rings (SSSR count). The number of nitrogens with zero attached hydrogens (tertiary/aromatic N) is 5. The number of rotatable bonds is 11. The zero-order valence-corrected chi connectivity index (χ0v) is 27.2. The molecule has 1 aliphatic heterocycles. The number of hydrogen-bond donors (Lipinski definition) is 1. The molecule has 1 amide bonds. The quantitative estimate of drug-likeness (QED) is 0.209. The number of aromatic nitrogens is 4. The van der Waals surface area contributed by atoms with Gasteiger partial charge in [0.15, 0.2) is 0 Å². The first kappa shape index (κ1) is 31.9. The van der Waals surface area contributed by atoms with Gasteiger partial charge in [0.05, 0.1) is 49.0 Å². The molecular weight excluding hydrogens is 592 g/mol. The highest BCUT2D eigenvalue weighted by Gasteiger charge is 2.35. The number of esters is 1. The summed E-state index contributed by atoms with van der Waals surface area (Å²) in [4.78, 5) is 28.2. The Bertz CT molecular complexity index is 1850. The third-order valence-electron chi connectivity index (χ3n) is 8.86. The van der Waals surface area contributed by atoms with E-state index in [0.29, 0.717) is 12.2 Å². The van der Waals surface area contributed by atoms with Crippen LogP contribution in [0.25, 0.3) is 28.1 Å². The van der Waals surface area contributed by atoms with Gasteiger partial charge in [-0.1, -0.05) is 54.6 Å². The minimum atomic E-state index is -0.360. The Morgan fingerprint density at radius 1 is 0.936 bits per heavy atom. The minimum absolute atomic E-state index is 0.0546. The summed E-state index contributed by atoms with van der Waals surface area (Å²) < 4.78 is 13.9. The molecule has 1 aliphatic rings. The molecule has 2 aromatic heterocycles. The monoisotopic (exact) mass is 632 g/mol. The molecular formula is C37H40N6O4. The summed E-state index contributed by atoms with van der Waals surface area (Å²) in [6, 6.07) is 25.7. The highest BCUT2D eigenvalue weighted by molar-refractivity contribution is 5.90. The SMILES string of the molecule is COCCN1C[C@@H](NC(=O)Cc2c(C)c(-c3cnn(C)c3)nn2-c2ccccc2)[C@H](c2cccc(-c3ccc(C(=O)OC)cc3)c2)C1. The molecule has 3 aromatic carbocycles. The van der Waals surface area contributed by atoms with Crippen molar-refractivity contribution < 1.29 is 19.1 Å². The van der Waals surface area contributed by atoms with Crippen molar-refractivity contribution in [2.75, 3.05) is 40.5 Å². The number of benzene rings is 3. The Morgan fingerprint density at radius 2 is 1.72 bits per heavy atom. The van der Waals surface area contributed by atoms with Gasteiger partial charge in [-0.2, -0.15) is 10.2 Å². The molecule has 2 atom stereocenters. The molecule has 0 radical (unpaired) electrons. The number of amides is 1. The number of likely N-dealkylation sites (tertiary alicyclic amines) is 1. The van der Waals surface area contributed by atoms with Crippen LogP contribution in [-0.2, 0) is 27.7 Å². The van der Waals surface area contributed by atoms with Crippen LogP contribution in [0.1, 0.15) is 33.1 Å². The number of carbonyl (C=O) groups excluding carboxylic acids is 2. The third-order valence-corrected chi connectivity index (χ3v) is 8.86. The highest BCUT2D eigenvalue weighted by Crippen LogP contribution is 2.32. The smallest absolute Gasteiger partial charge is 0.337 e. The first-order valence-electron chi connectivity index (χ1n) is 15.8. The van der Waals surface area contributed by atoms with Crippen molar-refractivity contribution >= 4 is 11.9 Å². The molecule has 47 heavy (non-hydrogen) atoms. The molecule has 0 unspecified atom stereocenters. The van der Waals surface area contributed by atoms with Crippen LogP contribution in [-0.4, -0.2) is 82.8 Å². The third kappa shape index (κ3) is 7.03. The van der Waals surface area contributed by atoms with E-state index >= 15 is 0 Å². The molecule has 1 N–H and O–H groups in total. The van der Waals surface area contributed by atoms with E-state index in [9.17, 15) is 9.59 Å². The van der Waals surface area contributed by atoms with Crippen molar-refractivity contribution in [1.82, 2.24) is 29.8 Å². The summed E-state index contributed by atoms with van der Waals surface area (Å²) >= 11 is 0. The second-order valence-electron chi connectivity index (χ2n) is 12.0. The molecule has 5 aromatic rings. The summed E-state index contributed by atoms with van der Waals surface area (Å²) in [6.45, 7) is 4.93. The van der Waals surface area contributed by atoms with Crippen molar-refractivity contribution in [3.63, 3.8) is 0 Å². The fourth-order valence-corrected chi connectivity index (χ4v) is 6.39. The maximum atomic E-state index is 13.9. The summed E-state index contributed by atoms with van der Waals surface area (Å²) in [7, 11) is 4.97. The summed E-state index contributed by atoms with van der Waals surface area (Å²) in [6.07, 6.45) is 3.92. The van der Waals surface area contributed by atoms with Crippen molar-refractivity contribution in [3.05, 3.63) is 114 Å². The van der Waals surface area contributed by atoms with Gasteiger partial charge in [0, 0.05) is 57.5 Å². The van der Waals surface area contributed by atoms with Gasteiger partial charge in [0.2, 0.25) is 5.91 Å². The fraction of sp³-hybridized carbons (Fsp3) is 0.297. The molecule has 0 saturated carbocycles. The van der Waals surface area contributed by atoms with E-state index in [1.165, 1.54) is 7.11 Å². The standard InChI is InChI=1S/C37H40N6O4/c1-25-34(43(31-11-6-5-7-12-31)40-36(25)30-21-38-41(2)22-30)20-35(44)39-33-24-42(17-18-46-3)23-32(33)29-10-8-9-28(19-29)26-13-15-27(16-14-26)37(45)47-4/h5-16,19,21-22,32-33H,17-18,20,23-24H2,1-4H3,(H,39,44)/t32-,33+/m0/s1. The largest absolute Gasteiger partial charge is 0.465 e. The maximum Gasteiger partial charge on any atom is 0.337 e. The molecule has 1 fully saturated rings. The molecule has 242 valence electrons. The van der Waals surface area contributed by atoms with E-state index in [1.807, 2.05) is 67.3 Å². The Hall–Kier alpha value is -5.06. The lowest BCUT2D eigenvalue weighted by Gasteiger charge is -2.21. The van der Waals surface area contributed by atoms with Crippen LogP contribution in [0.3, 0.4) is 0 Å². The van der Waals surface area contributed by atoms with E-state index in [-0.39, 0.29) is 30.3 Å². The van der Waals surface area contributed by atoms with Gasteiger partial charge in [0.1, 0.15) is 0 Å². The Morgan fingerprint density at radius 3 is 2.43 bits per heavy atom. The molecule has 3 heterocycles. The molecule has 0 bridgehead atoms. The number of aryl methyl sites for hydroxylation is 1. The van der Waals surface area contributed by atoms with E-state index in [2.05, 4.69) is 39.6 Å². The van der Waals surface area contributed by atoms with E-state index < -0.39 is 0 Å². The summed E-state index contributed by atoms with van der Waals surface area (Å²) in [5.41, 5.74) is 8.12. The maximum absolute atomic E-state index is 13.9. The van der Waals surface area contributed by atoms with Crippen molar-refractivity contribution in [2.45, 2.75) is 25.3 Å². The molecule has 10 heteroatoms. The van der Waals surface area contributed by atoms with Gasteiger partial charge < -0.3 is 14.8 Å². The molecule has 1 saturated heterocycles. The van der Waals surface area contributed by atoms with Crippen molar-refractivity contribution in [2.24, 2.45) is 7.05 Å². The van der Waals surface area contributed by atoms with Crippen LogP contribution in [0.4, 0.5) is 0 Å². The zero-order chi connectivity index (χ0) is 32.9. The molecule has 0 aliphatic carbocycles. The van der Waals surface area contributed by atoms with Gasteiger partial charge in [-0.25, -0.2) is 9.48 Å². The predicted octanol–water partition coefficient (Wildman–Crippen LogP) is 4.81. The average Bonchev–Trinajstić information content (AvgIpc) is 3.80.